The predicted octanol–water partition coefficient (Wildman–Crippen LogP) is 2.49. The van der Waals surface area contributed by atoms with E-state index in [1.54, 1.807) is 0 Å². The summed E-state index contributed by atoms with van der Waals surface area (Å²) in [5.41, 5.74) is 0.0145. The van der Waals surface area contributed by atoms with Crippen LogP contribution in [0.15, 0.2) is 24.3 Å². The lowest BCUT2D eigenvalue weighted by molar-refractivity contribution is 0.000949. The Morgan fingerprint density at radius 1 is 1.53 bits per heavy atom. The molecular weight excluding hydrogens is 238 g/mol. The van der Waals surface area contributed by atoms with E-state index in [1.807, 2.05) is 24.3 Å². The molecule has 1 atom stereocenters. The van der Waals surface area contributed by atoms with Crippen LogP contribution in [0, 0.1) is 0 Å². The van der Waals surface area contributed by atoms with Crippen LogP contribution in [0.25, 0.3) is 0 Å². The molecule has 2 rings (SSSR count). The van der Waals surface area contributed by atoms with Crippen molar-refractivity contribution in [3.05, 3.63) is 29.3 Å². The zero-order valence-corrected chi connectivity index (χ0v) is 11.0. The van der Waals surface area contributed by atoms with Crippen LogP contribution >= 0.6 is 11.6 Å². The van der Waals surface area contributed by atoms with Gasteiger partial charge < -0.3 is 14.8 Å². The minimum atomic E-state index is 0.0145. The highest BCUT2D eigenvalue weighted by molar-refractivity contribution is 6.30. The van der Waals surface area contributed by atoms with Crippen molar-refractivity contribution >= 4 is 11.6 Å². The van der Waals surface area contributed by atoms with Gasteiger partial charge in [-0.25, -0.2) is 0 Å². The van der Waals surface area contributed by atoms with Crippen LogP contribution in [0.3, 0.4) is 0 Å². The van der Waals surface area contributed by atoms with E-state index in [4.69, 9.17) is 21.1 Å². The molecular formula is C13H18ClNO2. The minimum Gasteiger partial charge on any atom is -0.492 e. The van der Waals surface area contributed by atoms with E-state index < -0.39 is 0 Å². The number of rotatable bonds is 3. The van der Waals surface area contributed by atoms with Gasteiger partial charge in [-0.15, -0.1) is 0 Å². The Kier molecular flexibility index (Phi) is 3.92. The zero-order valence-electron chi connectivity index (χ0n) is 10.2. The first kappa shape index (κ1) is 12.7. The van der Waals surface area contributed by atoms with Crippen molar-refractivity contribution in [3.8, 4) is 5.75 Å². The van der Waals surface area contributed by atoms with Crippen molar-refractivity contribution in [2.45, 2.75) is 25.4 Å². The third kappa shape index (κ3) is 3.87. The molecule has 1 aliphatic rings. The lowest BCUT2D eigenvalue weighted by Gasteiger charge is -2.36. The van der Waals surface area contributed by atoms with E-state index in [1.165, 1.54) is 0 Å². The second-order valence-electron chi connectivity index (χ2n) is 5.01. The Morgan fingerprint density at radius 3 is 3.06 bits per heavy atom. The maximum Gasteiger partial charge on any atom is 0.120 e. The third-order valence-corrected chi connectivity index (χ3v) is 2.86. The van der Waals surface area contributed by atoms with Gasteiger partial charge in [0.2, 0.25) is 0 Å². The molecule has 0 aromatic heterocycles. The molecule has 1 aliphatic heterocycles. The lowest BCUT2D eigenvalue weighted by Crippen LogP contribution is -2.57. The number of nitrogens with one attached hydrogen (secondary N) is 1. The van der Waals surface area contributed by atoms with E-state index in [0.29, 0.717) is 18.2 Å². The van der Waals surface area contributed by atoms with Crippen LogP contribution < -0.4 is 10.1 Å². The summed E-state index contributed by atoms with van der Waals surface area (Å²) in [6, 6.07) is 7.65. The highest BCUT2D eigenvalue weighted by atomic mass is 35.5. The minimum absolute atomic E-state index is 0.0145. The molecule has 1 aromatic carbocycles. The predicted molar refractivity (Wildman–Crippen MR) is 68.8 cm³/mol. The normalized spacial score (nSPS) is 23.4. The average Bonchev–Trinajstić information content (AvgIpc) is 2.25. The van der Waals surface area contributed by atoms with Crippen LogP contribution in [-0.2, 0) is 4.74 Å². The molecule has 0 amide bonds. The van der Waals surface area contributed by atoms with E-state index in [2.05, 4.69) is 19.2 Å². The SMILES string of the molecule is CC1(C)COCC(COc2cccc(Cl)c2)N1. The largest absolute Gasteiger partial charge is 0.492 e. The van der Waals surface area contributed by atoms with Crippen molar-refractivity contribution in [1.29, 1.82) is 0 Å². The van der Waals surface area contributed by atoms with E-state index >= 15 is 0 Å². The van der Waals surface area contributed by atoms with Crippen molar-refractivity contribution in [1.82, 2.24) is 5.32 Å². The summed E-state index contributed by atoms with van der Waals surface area (Å²) in [4.78, 5) is 0. The third-order valence-electron chi connectivity index (χ3n) is 2.62. The maximum absolute atomic E-state index is 5.89. The first-order valence-electron chi connectivity index (χ1n) is 5.79. The monoisotopic (exact) mass is 255 g/mol. The molecule has 4 heteroatoms. The number of hydrogen-bond donors (Lipinski definition) is 1. The number of morpholine rings is 1. The van der Waals surface area contributed by atoms with Gasteiger partial charge in [-0.2, -0.15) is 0 Å². The van der Waals surface area contributed by atoms with E-state index in [-0.39, 0.29) is 11.6 Å². The molecule has 0 saturated carbocycles. The summed E-state index contributed by atoms with van der Waals surface area (Å²) in [6.45, 7) is 6.26. The van der Waals surface area contributed by atoms with Gasteiger partial charge in [-0.1, -0.05) is 17.7 Å². The molecule has 0 radical (unpaired) electrons. The van der Waals surface area contributed by atoms with Gasteiger partial charge in [0.05, 0.1) is 19.3 Å². The Bertz CT molecular complexity index is 381. The summed E-state index contributed by atoms with van der Waals surface area (Å²) in [7, 11) is 0. The quantitative estimate of drug-likeness (QED) is 0.900. The second-order valence-corrected chi connectivity index (χ2v) is 5.45. The Labute approximate surface area is 107 Å². The number of halogens is 1. The maximum atomic E-state index is 5.89. The van der Waals surface area contributed by atoms with Crippen molar-refractivity contribution in [3.63, 3.8) is 0 Å². The molecule has 94 valence electrons. The standard InChI is InChI=1S/C13H18ClNO2/c1-13(2)9-16-7-11(15-13)8-17-12-5-3-4-10(14)6-12/h3-6,11,15H,7-9H2,1-2H3. The number of ether oxygens (including phenoxy) is 2. The lowest BCUT2D eigenvalue weighted by atomic mass is 10.0. The zero-order chi connectivity index (χ0) is 12.3. The van der Waals surface area contributed by atoms with Gasteiger partial charge in [0.15, 0.2) is 0 Å². The molecule has 1 aromatic rings. The molecule has 1 fully saturated rings. The van der Waals surface area contributed by atoms with Crippen LogP contribution in [-0.4, -0.2) is 31.4 Å². The summed E-state index contributed by atoms with van der Waals surface area (Å²) in [6.07, 6.45) is 0. The Hall–Kier alpha value is -0.770. The Morgan fingerprint density at radius 2 is 2.35 bits per heavy atom. The van der Waals surface area contributed by atoms with E-state index in [9.17, 15) is 0 Å². The summed E-state index contributed by atoms with van der Waals surface area (Å²) in [5.74, 6) is 0.794. The second kappa shape index (κ2) is 5.25. The number of benzene rings is 1. The molecule has 0 aliphatic carbocycles. The topological polar surface area (TPSA) is 30.5 Å². The van der Waals surface area contributed by atoms with Gasteiger partial charge in [0.25, 0.3) is 0 Å². The van der Waals surface area contributed by atoms with Crippen molar-refractivity contribution < 1.29 is 9.47 Å². The van der Waals surface area contributed by atoms with Gasteiger partial charge in [-0.3, -0.25) is 0 Å². The van der Waals surface area contributed by atoms with Crippen LogP contribution in [0.1, 0.15) is 13.8 Å². The van der Waals surface area contributed by atoms with E-state index in [0.717, 1.165) is 12.4 Å². The molecule has 17 heavy (non-hydrogen) atoms. The van der Waals surface area contributed by atoms with Gasteiger partial charge >= 0.3 is 0 Å². The number of hydrogen-bond acceptors (Lipinski definition) is 3. The van der Waals surface area contributed by atoms with Crippen molar-refractivity contribution in [2.24, 2.45) is 0 Å². The molecule has 1 N–H and O–H groups in total. The smallest absolute Gasteiger partial charge is 0.120 e. The van der Waals surface area contributed by atoms with Gasteiger partial charge in [0, 0.05) is 10.6 Å². The molecule has 1 unspecified atom stereocenters. The first-order valence-corrected chi connectivity index (χ1v) is 6.17. The van der Waals surface area contributed by atoms with Crippen molar-refractivity contribution in [2.75, 3.05) is 19.8 Å². The first-order chi connectivity index (χ1) is 8.05. The molecule has 0 spiro atoms. The fraction of sp³-hybridized carbons (Fsp3) is 0.538. The molecule has 3 nitrogen and oxygen atoms in total. The van der Waals surface area contributed by atoms with Crippen LogP contribution in [0.2, 0.25) is 5.02 Å². The van der Waals surface area contributed by atoms with Crippen LogP contribution in [0.4, 0.5) is 0 Å². The summed E-state index contributed by atoms with van der Waals surface area (Å²) < 4.78 is 11.2. The molecule has 1 saturated heterocycles. The molecule has 0 bridgehead atoms. The van der Waals surface area contributed by atoms with Crippen LogP contribution in [0.5, 0.6) is 5.75 Å². The van der Waals surface area contributed by atoms with Gasteiger partial charge in [0.1, 0.15) is 12.4 Å². The Balaban J connectivity index is 1.86. The fourth-order valence-corrected chi connectivity index (χ4v) is 2.12. The summed E-state index contributed by atoms with van der Waals surface area (Å²) in [5, 5.41) is 4.19. The van der Waals surface area contributed by atoms with Gasteiger partial charge in [-0.05, 0) is 32.0 Å². The average molecular weight is 256 g/mol. The highest BCUT2D eigenvalue weighted by Crippen LogP contribution is 2.18. The highest BCUT2D eigenvalue weighted by Gasteiger charge is 2.27. The summed E-state index contributed by atoms with van der Waals surface area (Å²) >= 11 is 5.89. The fourth-order valence-electron chi connectivity index (χ4n) is 1.94. The molecule has 1 heterocycles.